The Morgan fingerprint density at radius 1 is 1.88 bits per heavy atom. The predicted octanol–water partition coefficient (Wildman–Crippen LogP) is 0.0719. The van der Waals surface area contributed by atoms with Crippen LogP contribution in [-0.2, 0) is 14.3 Å². The Morgan fingerprint density at radius 2 is 2.62 bits per heavy atom. The topological polar surface area (TPSA) is 35.5 Å². The second kappa shape index (κ2) is 1.96. The number of hydrogen-bond acceptors (Lipinski definition) is 3. The van der Waals surface area contributed by atoms with E-state index in [1.165, 1.54) is 0 Å². The molecular formula is C5H6O3. The molecule has 3 nitrogen and oxygen atoms in total. The maximum atomic E-state index is 9.95. The van der Waals surface area contributed by atoms with Gasteiger partial charge >= 0.3 is 0 Å². The Labute approximate surface area is 46.9 Å². The van der Waals surface area contributed by atoms with Gasteiger partial charge in [-0.1, -0.05) is 6.58 Å². The molecule has 0 aliphatic carbocycles. The molecule has 0 N–H and O–H groups in total. The molecule has 1 aliphatic rings. The molecule has 1 fully saturated rings. The lowest BCUT2D eigenvalue weighted by atomic mass is 10.4. The summed E-state index contributed by atoms with van der Waals surface area (Å²) in [5, 5.41) is 0. The number of carbonyl (C=O) groups is 1. The highest BCUT2D eigenvalue weighted by Gasteiger charge is 2.19. The van der Waals surface area contributed by atoms with Crippen LogP contribution in [-0.4, -0.2) is 19.2 Å². The van der Waals surface area contributed by atoms with Crippen LogP contribution in [0.15, 0.2) is 12.3 Å². The Balaban J connectivity index is 2.54. The van der Waals surface area contributed by atoms with Gasteiger partial charge in [-0.05, 0) is 0 Å². The second-order valence-electron chi connectivity index (χ2n) is 1.45. The highest BCUT2D eigenvalue weighted by Crippen LogP contribution is 2.11. The van der Waals surface area contributed by atoms with E-state index in [-0.39, 0.29) is 6.79 Å². The minimum absolute atomic E-state index is 0.155. The highest BCUT2D eigenvalue weighted by atomic mass is 16.7. The molecule has 1 rings (SSSR count). The van der Waals surface area contributed by atoms with Crippen LogP contribution in [0.4, 0.5) is 0 Å². The fraction of sp³-hybridized carbons (Fsp3) is 0.400. The monoisotopic (exact) mass is 114 g/mol. The van der Waals surface area contributed by atoms with E-state index in [9.17, 15) is 4.79 Å². The number of carbonyl (C=O) groups excluding carboxylic acids is 1. The number of ether oxygens (including phenoxy) is 2. The van der Waals surface area contributed by atoms with Crippen LogP contribution < -0.4 is 0 Å². The van der Waals surface area contributed by atoms with Gasteiger partial charge in [-0.25, -0.2) is 0 Å². The van der Waals surface area contributed by atoms with Crippen LogP contribution in [0.25, 0.3) is 0 Å². The fourth-order valence-electron chi connectivity index (χ4n) is 0.473. The highest BCUT2D eigenvalue weighted by molar-refractivity contribution is 5.60. The van der Waals surface area contributed by atoms with E-state index >= 15 is 0 Å². The molecule has 44 valence electrons. The van der Waals surface area contributed by atoms with E-state index in [2.05, 4.69) is 6.58 Å². The van der Waals surface area contributed by atoms with Gasteiger partial charge in [-0.15, -0.1) is 0 Å². The normalized spacial score (nSPS) is 27.5. The molecule has 1 heterocycles. The maximum Gasteiger partial charge on any atom is 0.190 e. The summed E-state index contributed by atoms with van der Waals surface area (Å²) in [6.45, 7) is 3.58. The lowest BCUT2D eigenvalue weighted by Gasteiger charge is -1.92. The zero-order valence-electron chi connectivity index (χ0n) is 4.29. The first-order valence-corrected chi connectivity index (χ1v) is 2.23. The van der Waals surface area contributed by atoms with Crippen molar-refractivity contribution >= 4 is 6.29 Å². The van der Waals surface area contributed by atoms with Crippen molar-refractivity contribution in [1.82, 2.24) is 0 Å². The Bertz CT molecular complexity index is 119. The van der Waals surface area contributed by atoms with Crippen LogP contribution in [0, 0.1) is 0 Å². The third-order valence-electron chi connectivity index (χ3n) is 0.933. The average molecular weight is 114 g/mol. The number of rotatable bonds is 1. The molecule has 0 aromatic carbocycles. The van der Waals surface area contributed by atoms with Crippen molar-refractivity contribution in [2.45, 2.75) is 6.10 Å². The van der Waals surface area contributed by atoms with Crippen molar-refractivity contribution < 1.29 is 14.3 Å². The average Bonchev–Trinajstić information content (AvgIpc) is 2.14. The molecule has 1 aliphatic heterocycles. The van der Waals surface area contributed by atoms with E-state index in [0.717, 1.165) is 0 Å². The van der Waals surface area contributed by atoms with Crippen molar-refractivity contribution in [2.24, 2.45) is 0 Å². The van der Waals surface area contributed by atoms with E-state index in [4.69, 9.17) is 9.47 Å². The van der Waals surface area contributed by atoms with Crippen molar-refractivity contribution in [2.75, 3.05) is 6.79 Å². The summed E-state index contributed by atoms with van der Waals surface area (Å²) >= 11 is 0. The van der Waals surface area contributed by atoms with Gasteiger partial charge in [0.2, 0.25) is 0 Å². The Hall–Kier alpha value is -0.830. The lowest BCUT2D eigenvalue weighted by Crippen LogP contribution is -2.07. The summed E-state index contributed by atoms with van der Waals surface area (Å²) in [5.41, 5.74) is 0. The summed E-state index contributed by atoms with van der Waals surface area (Å²) in [7, 11) is 0. The molecule has 8 heavy (non-hydrogen) atoms. The third kappa shape index (κ3) is 0.721. The quantitative estimate of drug-likeness (QED) is 0.452. The summed E-state index contributed by atoms with van der Waals surface area (Å²) in [5.74, 6) is 0.403. The van der Waals surface area contributed by atoms with Crippen molar-refractivity contribution in [3.05, 3.63) is 12.3 Å². The molecule has 1 atom stereocenters. The minimum Gasteiger partial charge on any atom is -0.469 e. The van der Waals surface area contributed by atoms with Gasteiger partial charge in [-0.2, -0.15) is 0 Å². The van der Waals surface area contributed by atoms with Crippen molar-refractivity contribution in [3.63, 3.8) is 0 Å². The largest absolute Gasteiger partial charge is 0.469 e. The zero-order chi connectivity index (χ0) is 5.98. The molecule has 0 bridgehead atoms. The summed E-state index contributed by atoms with van der Waals surface area (Å²) in [4.78, 5) is 9.95. The van der Waals surface area contributed by atoms with Crippen molar-refractivity contribution in [3.8, 4) is 0 Å². The van der Waals surface area contributed by atoms with Gasteiger partial charge in [0.15, 0.2) is 19.2 Å². The van der Waals surface area contributed by atoms with Crippen LogP contribution >= 0.6 is 0 Å². The molecule has 0 saturated carbocycles. The van der Waals surface area contributed by atoms with E-state index in [0.29, 0.717) is 12.0 Å². The van der Waals surface area contributed by atoms with Crippen molar-refractivity contribution in [1.29, 1.82) is 0 Å². The minimum atomic E-state index is -0.532. The molecule has 0 spiro atoms. The van der Waals surface area contributed by atoms with Crippen LogP contribution in [0.1, 0.15) is 0 Å². The second-order valence-corrected chi connectivity index (χ2v) is 1.45. The van der Waals surface area contributed by atoms with E-state index in [1.807, 2.05) is 0 Å². The van der Waals surface area contributed by atoms with Crippen LogP contribution in [0.3, 0.4) is 0 Å². The first kappa shape index (κ1) is 5.31. The lowest BCUT2D eigenvalue weighted by molar-refractivity contribution is -0.114. The SMILES string of the molecule is C=C1OCOC1C=O. The van der Waals surface area contributed by atoms with Gasteiger partial charge in [0, 0.05) is 0 Å². The molecule has 0 aromatic rings. The van der Waals surface area contributed by atoms with Crippen LogP contribution in [0.5, 0.6) is 0 Å². The molecule has 0 aromatic heterocycles. The Kier molecular flexibility index (Phi) is 1.30. The maximum absolute atomic E-state index is 9.95. The first-order chi connectivity index (χ1) is 3.84. The standard InChI is InChI=1S/C5H6O3/c1-4-5(2-6)8-3-7-4/h2,5H,1,3H2. The smallest absolute Gasteiger partial charge is 0.190 e. The van der Waals surface area contributed by atoms with Gasteiger partial charge in [0.05, 0.1) is 0 Å². The number of aldehydes is 1. The molecule has 0 radical (unpaired) electrons. The third-order valence-corrected chi connectivity index (χ3v) is 0.933. The van der Waals surface area contributed by atoms with E-state index in [1.54, 1.807) is 0 Å². The first-order valence-electron chi connectivity index (χ1n) is 2.23. The summed E-state index contributed by atoms with van der Waals surface area (Å²) in [6, 6.07) is 0. The fourth-order valence-corrected chi connectivity index (χ4v) is 0.473. The van der Waals surface area contributed by atoms with Crippen LogP contribution in [0.2, 0.25) is 0 Å². The molecular weight excluding hydrogens is 108 g/mol. The van der Waals surface area contributed by atoms with Gasteiger partial charge in [-0.3, -0.25) is 4.79 Å². The van der Waals surface area contributed by atoms with E-state index < -0.39 is 6.10 Å². The van der Waals surface area contributed by atoms with Gasteiger partial charge < -0.3 is 9.47 Å². The molecule has 3 heteroatoms. The number of hydrogen-bond donors (Lipinski definition) is 0. The zero-order valence-corrected chi connectivity index (χ0v) is 4.29. The predicted molar refractivity (Wildman–Crippen MR) is 26.0 cm³/mol. The molecule has 0 amide bonds. The summed E-state index contributed by atoms with van der Waals surface area (Å²) in [6.07, 6.45) is 0.130. The summed E-state index contributed by atoms with van der Waals surface area (Å²) < 4.78 is 9.43. The molecule has 1 saturated heterocycles. The van der Waals surface area contributed by atoms with Gasteiger partial charge in [0.1, 0.15) is 5.76 Å². The Morgan fingerprint density at radius 3 is 2.88 bits per heavy atom. The van der Waals surface area contributed by atoms with Gasteiger partial charge in [0.25, 0.3) is 0 Å². The molecule has 1 unspecified atom stereocenters.